The monoisotopic (exact) mass is 281 g/mol. The molecule has 2 aromatic rings. The molecule has 0 saturated carbocycles. The number of thiazole rings is 1. The molecule has 2 rings (SSSR count). The number of nitrogens with one attached hydrogen (secondary N) is 1. The first-order valence-electron chi connectivity index (χ1n) is 5.38. The third kappa shape index (κ3) is 3.45. The number of anilines is 1. The largest absolute Gasteiger partial charge is 0.399 e. The molecule has 0 aliphatic heterocycles. The maximum absolute atomic E-state index is 11.8. The zero-order valence-electron chi connectivity index (χ0n) is 9.52. The quantitative estimate of drug-likeness (QED) is 0.846. The number of benzene rings is 1. The van der Waals surface area contributed by atoms with Gasteiger partial charge in [-0.15, -0.1) is 11.3 Å². The van der Waals surface area contributed by atoms with Crippen LogP contribution in [-0.4, -0.2) is 17.4 Å². The first-order valence-corrected chi connectivity index (χ1v) is 6.63. The van der Waals surface area contributed by atoms with Crippen LogP contribution in [0.1, 0.15) is 15.4 Å². The van der Waals surface area contributed by atoms with E-state index in [2.05, 4.69) is 10.3 Å². The molecule has 1 aromatic heterocycles. The van der Waals surface area contributed by atoms with Crippen LogP contribution in [0.5, 0.6) is 0 Å². The van der Waals surface area contributed by atoms with Crippen LogP contribution in [0, 0.1) is 0 Å². The van der Waals surface area contributed by atoms with Crippen LogP contribution in [0.15, 0.2) is 29.8 Å². The molecule has 0 saturated heterocycles. The SMILES string of the molecule is Nc1cc(Cl)cc(C(=O)NCCc2nccs2)c1. The van der Waals surface area contributed by atoms with E-state index < -0.39 is 0 Å². The van der Waals surface area contributed by atoms with Crippen LogP contribution in [0.4, 0.5) is 5.69 Å². The summed E-state index contributed by atoms with van der Waals surface area (Å²) in [6.45, 7) is 0.540. The Morgan fingerprint density at radius 3 is 2.94 bits per heavy atom. The molecule has 0 spiro atoms. The lowest BCUT2D eigenvalue weighted by Crippen LogP contribution is -2.25. The van der Waals surface area contributed by atoms with Gasteiger partial charge in [0, 0.05) is 40.8 Å². The predicted molar refractivity (Wildman–Crippen MR) is 74.0 cm³/mol. The number of aromatic nitrogens is 1. The molecule has 0 fully saturated rings. The van der Waals surface area contributed by atoms with Gasteiger partial charge < -0.3 is 11.1 Å². The number of hydrogen-bond donors (Lipinski definition) is 2. The van der Waals surface area contributed by atoms with E-state index in [0.717, 1.165) is 11.4 Å². The topological polar surface area (TPSA) is 68.0 Å². The molecule has 3 N–H and O–H groups in total. The second kappa shape index (κ2) is 5.84. The highest BCUT2D eigenvalue weighted by Gasteiger charge is 2.07. The summed E-state index contributed by atoms with van der Waals surface area (Å²) in [5.41, 5.74) is 6.58. The van der Waals surface area contributed by atoms with Gasteiger partial charge in [0.25, 0.3) is 5.91 Å². The number of rotatable bonds is 4. The van der Waals surface area contributed by atoms with Crippen molar-refractivity contribution in [2.24, 2.45) is 0 Å². The van der Waals surface area contributed by atoms with Crippen molar-refractivity contribution in [3.8, 4) is 0 Å². The molecular formula is C12H12ClN3OS. The van der Waals surface area contributed by atoms with Gasteiger partial charge in [0.15, 0.2) is 0 Å². The van der Waals surface area contributed by atoms with Crippen molar-refractivity contribution in [2.75, 3.05) is 12.3 Å². The highest BCUT2D eigenvalue weighted by Crippen LogP contribution is 2.16. The standard InChI is InChI=1S/C12H12ClN3OS/c13-9-5-8(6-10(14)7-9)12(17)16-2-1-11-15-3-4-18-11/h3-7H,1-2,14H2,(H,16,17). The van der Waals surface area contributed by atoms with Gasteiger partial charge in [0.05, 0.1) is 5.01 Å². The van der Waals surface area contributed by atoms with E-state index in [1.807, 2.05) is 5.38 Å². The highest BCUT2D eigenvalue weighted by atomic mass is 35.5. The minimum Gasteiger partial charge on any atom is -0.399 e. The van der Waals surface area contributed by atoms with Gasteiger partial charge in [-0.3, -0.25) is 4.79 Å². The number of nitrogen functional groups attached to an aromatic ring is 1. The molecule has 94 valence electrons. The number of nitrogens with zero attached hydrogens (tertiary/aromatic N) is 1. The predicted octanol–water partition coefficient (Wildman–Crippen LogP) is 2.35. The van der Waals surface area contributed by atoms with Crippen molar-refractivity contribution in [1.29, 1.82) is 0 Å². The van der Waals surface area contributed by atoms with Gasteiger partial charge in [-0.05, 0) is 18.2 Å². The maximum atomic E-state index is 11.8. The normalized spacial score (nSPS) is 10.3. The molecule has 0 aliphatic carbocycles. The second-order valence-corrected chi connectivity index (χ2v) is 5.12. The molecule has 0 aliphatic rings. The highest BCUT2D eigenvalue weighted by molar-refractivity contribution is 7.09. The Labute approximate surface area is 114 Å². The minimum atomic E-state index is -0.180. The van der Waals surface area contributed by atoms with Crippen LogP contribution in [0.2, 0.25) is 5.02 Å². The lowest BCUT2D eigenvalue weighted by Gasteiger charge is -2.05. The molecule has 0 unspecified atom stereocenters. The summed E-state index contributed by atoms with van der Waals surface area (Å²) >= 11 is 7.41. The van der Waals surface area contributed by atoms with E-state index in [1.54, 1.807) is 35.7 Å². The Hall–Kier alpha value is -1.59. The van der Waals surface area contributed by atoms with Gasteiger partial charge in [-0.25, -0.2) is 4.98 Å². The minimum absolute atomic E-state index is 0.180. The zero-order chi connectivity index (χ0) is 13.0. The molecule has 0 radical (unpaired) electrons. The van der Waals surface area contributed by atoms with Gasteiger partial charge in [-0.1, -0.05) is 11.6 Å². The van der Waals surface area contributed by atoms with Crippen molar-refractivity contribution < 1.29 is 4.79 Å². The number of carbonyl (C=O) groups is 1. The van der Waals surface area contributed by atoms with Crippen molar-refractivity contribution >= 4 is 34.5 Å². The van der Waals surface area contributed by atoms with Crippen LogP contribution < -0.4 is 11.1 Å². The average Bonchev–Trinajstić information content (AvgIpc) is 2.80. The number of halogens is 1. The van der Waals surface area contributed by atoms with Gasteiger partial charge in [-0.2, -0.15) is 0 Å². The van der Waals surface area contributed by atoms with Crippen molar-refractivity contribution in [3.05, 3.63) is 45.4 Å². The zero-order valence-corrected chi connectivity index (χ0v) is 11.1. The third-order valence-corrected chi connectivity index (χ3v) is 3.35. The summed E-state index contributed by atoms with van der Waals surface area (Å²) in [5, 5.41) is 6.18. The summed E-state index contributed by atoms with van der Waals surface area (Å²) in [6.07, 6.45) is 2.47. The van der Waals surface area contributed by atoms with Gasteiger partial charge in [0.2, 0.25) is 0 Å². The summed E-state index contributed by atoms with van der Waals surface area (Å²) in [4.78, 5) is 16.0. The average molecular weight is 282 g/mol. The third-order valence-electron chi connectivity index (χ3n) is 2.29. The Balaban J connectivity index is 1.91. The van der Waals surface area contributed by atoms with E-state index in [-0.39, 0.29) is 5.91 Å². The molecule has 4 nitrogen and oxygen atoms in total. The lowest BCUT2D eigenvalue weighted by molar-refractivity contribution is 0.0954. The molecule has 0 bridgehead atoms. The molecule has 0 atom stereocenters. The van der Waals surface area contributed by atoms with E-state index in [1.165, 1.54) is 0 Å². The number of carbonyl (C=O) groups excluding carboxylic acids is 1. The first-order chi connectivity index (χ1) is 8.65. The number of amides is 1. The van der Waals surface area contributed by atoms with Crippen LogP contribution >= 0.6 is 22.9 Å². The molecule has 1 heterocycles. The summed E-state index contributed by atoms with van der Waals surface area (Å²) in [7, 11) is 0. The second-order valence-electron chi connectivity index (χ2n) is 3.70. The van der Waals surface area contributed by atoms with Gasteiger partial charge in [0.1, 0.15) is 0 Å². The fourth-order valence-electron chi connectivity index (χ4n) is 1.50. The van der Waals surface area contributed by atoms with Crippen molar-refractivity contribution in [1.82, 2.24) is 10.3 Å². The molecule has 6 heteroatoms. The summed E-state index contributed by atoms with van der Waals surface area (Å²) in [5.74, 6) is -0.180. The van der Waals surface area contributed by atoms with Crippen molar-refractivity contribution in [3.63, 3.8) is 0 Å². The smallest absolute Gasteiger partial charge is 0.251 e. The molecule has 18 heavy (non-hydrogen) atoms. The Morgan fingerprint density at radius 1 is 1.44 bits per heavy atom. The fraction of sp³-hybridized carbons (Fsp3) is 0.167. The molecule has 1 amide bonds. The van der Waals surface area contributed by atoms with Crippen LogP contribution in [-0.2, 0) is 6.42 Å². The number of nitrogens with two attached hydrogens (primary N) is 1. The van der Waals surface area contributed by atoms with E-state index in [9.17, 15) is 4.79 Å². The van der Waals surface area contributed by atoms with E-state index in [4.69, 9.17) is 17.3 Å². The van der Waals surface area contributed by atoms with Crippen LogP contribution in [0.25, 0.3) is 0 Å². The Kier molecular flexibility index (Phi) is 4.17. The first kappa shape index (κ1) is 12.9. The summed E-state index contributed by atoms with van der Waals surface area (Å²) in [6, 6.07) is 4.80. The van der Waals surface area contributed by atoms with Crippen LogP contribution in [0.3, 0.4) is 0 Å². The maximum Gasteiger partial charge on any atom is 0.251 e. The fourth-order valence-corrected chi connectivity index (χ4v) is 2.37. The Morgan fingerprint density at radius 2 is 2.28 bits per heavy atom. The molecular weight excluding hydrogens is 270 g/mol. The molecule has 1 aromatic carbocycles. The van der Waals surface area contributed by atoms with Crippen molar-refractivity contribution in [2.45, 2.75) is 6.42 Å². The summed E-state index contributed by atoms with van der Waals surface area (Å²) < 4.78 is 0. The number of hydrogen-bond acceptors (Lipinski definition) is 4. The Bertz CT molecular complexity index is 522. The van der Waals surface area contributed by atoms with E-state index >= 15 is 0 Å². The lowest BCUT2D eigenvalue weighted by atomic mass is 10.2. The van der Waals surface area contributed by atoms with Gasteiger partial charge >= 0.3 is 0 Å². The van der Waals surface area contributed by atoms with E-state index in [0.29, 0.717) is 22.8 Å².